The third-order valence-corrected chi connectivity index (χ3v) is 3.91. The van der Waals surface area contributed by atoms with Gasteiger partial charge in [-0.1, -0.05) is 0 Å². The number of sulfonamides is 1. The molecule has 10 heteroatoms. The molecule has 0 bridgehead atoms. The van der Waals surface area contributed by atoms with Crippen LogP contribution in [0.15, 0.2) is 29.4 Å². The lowest BCUT2D eigenvalue weighted by atomic mass is 10.2. The second-order valence-corrected chi connectivity index (χ2v) is 6.09. The van der Waals surface area contributed by atoms with Crippen LogP contribution in [0.5, 0.6) is 0 Å². The maximum Gasteiger partial charge on any atom is 0.327 e. The minimum atomic E-state index is -4.02. The molecule has 0 amide bonds. The first-order chi connectivity index (χ1) is 10.3. The monoisotopic (exact) mass is 328 g/mol. The predicted molar refractivity (Wildman–Crippen MR) is 74.0 cm³/mol. The highest BCUT2D eigenvalue weighted by Gasteiger charge is 2.18. The number of nitrogens with one attached hydrogen (secondary N) is 1. The van der Waals surface area contributed by atoms with E-state index < -0.39 is 21.8 Å². The molecule has 1 aromatic carbocycles. The number of benzene rings is 1. The van der Waals surface area contributed by atoms with Gasteiger partial charge in [-0.3, -0.25) is 4.79 Å². The summed E-state index contributed by atoms with van der Waals surface area (Å²) in [6, 6.07) is 3.42. The average molecular weight is 328 g/mol. The molecule has 0 spiro atoms. The zero-order chi connectivity index (χ0) is 16.3. The molecule has 0 saturated carbocycles. The maximum absolute atomic E-state index is 13.3. The van der Waals surface area contributed by atoms with Crippen molar-refractivity contribution in [2.24, 2.45) is 0 Å². The number of esters is 1. The summed E-state index contributed by atoms with van der Waals surface area (Å²) >= 11 is 0. The van der Waals surface area contributed by atoms with Gasteiger partial charge >= 0.3 is 5.97 Å². The van der Waals surface area contributed by atoms with Crippen molar-refractivity contribution in [2.45, 2.75) is 18.4 Å². The van der Waals surface area contributed by atoms with E-state index in [0.29, 0.717) is 5.56 Å². The first kappa shape index (κ1) is 15.9. The summed E-state index contributed by atoms with van der Waals surface area (Å²) in [6.45, 7) is 1.37. The van der Waals surface area contributed by atoms with E-state index in [2.05, 4.69) is 19.5 Å². The molecule has 0 unspecified atom stereocenters. The quantitative estimate of drug-likeness (QED) is 0.810. The molecule has 0 aliphatic heterocycles. The van der Waals surface area contributed by atoms with Gasteiger partial charge in [-0.05, 0) is 30.7 Å². The van der Waals surface area contributed by atoms with Crippen molar-refractivity contribution in [3.63, 3.8) is 0 Å². The Bertz CT molecular complexity index is 783. The third-order valence-electron chi connectivity index (χ3n) is 2.61. The second-order valence-electron chi connectivity index (χ2n) is 4.41. The fraction of sp³-hybridized carbons (Fsp3) is 0.250. The highest BCUT2D eigenvalue weighted by molar-refractivity contribution is 7.92. The molecule has 0 aliphatic rings. The van der Waals surface area contributed by atoms with E-state index >= 15 is 0 Å². The number of anilines is 1. The summed E-state index contributed by atoms with van der Waals surface area (Å²) in [5.41, 5.74) is 0.463. The molecule has 2 rings (SSSR count). The van der Waals surface area contributed by atoms with Crippen LogP contribution in [-0.4, -0.2) is 36.3 Å². The predicted octanol–water partition coefficient (Wildman–Crippen LogP) is 0.699. The highest BCUT2D eigenvalue weighted by Crippen LogP contribution is 2.16. The molecule has 0 saturated heterocycles. The summed E-state index contributed by atoms with van der Waals surface area (Å²) in [5, 5.41) is 3.77. The number of carbonyl (C=O) groups is 1. The number of aryl methyl sites for hydroxylation is 1. The van der Waals surface area contributed by atoms with Crippen LogP contribution in [0.3, 0.4) is 0 Å². The van der Waals surface area contributed by atoms with E-state index in [0.717, 1.165) is 10.7 Å². The molecule has 0 fully saturated rings. The van der Waals surface area contributed by atoms with Crippen LogP contribution in [0, 0.1) is 12.7 Å². The van der Waals surface area contributed by atoms with Gasteiger partial charge in [0.15, 0.2) is 0 Å². The summed E-state index contributed by atoms with van der Waals surface area (Å²) in [7, 11) is -2.81. The summed E-state index contributed by atoms with van der Waals surface area (Å²) in [5.74, 6) is -1.45. The Morgan fingerprint density at radius 1 is 1.41 bits per heavy atom. The van der Waals surface area contributed by atoms with Gasteiger partial charge in [-0.2, -0.15) is 4.98 Å². The van der Waals surface area contributed by atoms with Gasteiger partial charge in [-0.25, -0.2) is 22.2 Å². The minimum Gasteiger partial charge on any atom is -0.468 e. The number of methoxy groups -OCH3 is 1. The lowest BCUT2D eigenvalue weighted by Gasteiger charge is -2.06. The molecule has 0 radical (unpaired) electrons. The molecule has 0 aliphatic carbocycles. The largest absolute Gasteiger partial charge is 0.468 e. The SMILES string of the molecule is COC(=O)Cn1cnc(NS(=O)(=O)c2cc(C)cc(F)c2)n1. The van der Waals surface area contributed by atoms with Crippen LogP contribution in [0.25, 0.3) is 0 Å². The highest BCUT2D eigenvalue weighted by atomic mass is 32.2. The number of carbonyl (C=O) groups excluding carboxylic acids is 1. The van der Waals surface area contributed by atoms with Gasteiger partial charge in [0.1, 0.15) is 18.7 Å². The van der Waals surface area contributed by atoms with Crippen molar-refractivity contribution in [3.8, 4) is 0 Å². The van der Waals surface area contributed by atoms with Crippen LogP contribution < -0.4 is 4.72 Å². The van der Waals surface area contributed by atoms with Crippen LogP contribution in [0.4, 0.5) is 10.3 Å². The number of hydrogen-bond acceptors (Lipinski definition) is 6. The number of rotatable bonds is 5. The Morgan fingerprint density at radius 3 is 2.77 bits per heavy atom. The lowest BCUT2D eigenvalue weighted by Crippen LogP contribution is -2.16. The van der Waals surface area contributed by atoms with Crippen molar-refractivity contribution in [1.82, 2.24) is 14.8 Å². The standard InChI is InChI=1S/C12H13FN4O4S/c1-8-3-9(13)5-10(4-8)22(19,20)16-12-14-7-17(15-12)6-11(18)21-2/h3-5,7H,6H2,1-2H3,(H,15,16). The van der Waals surface area contributed by atoms with Gasteiger partial charge < -0.3 is 4.74 Å². The number of ether oxygens (including phenoxy) is 1. The zero-order valence-electron chi connectivity index (χ0n) is 11.8. The number of nitrogens with zero attached hydrogens (tertiary/aromatic N) is 3. The van der Waals surface area contributed by atoms with E-state index in [1.165, 1.54) is 25.6 Å². The van der Waals surface area contributed by atoms with E-state index in [1.54, 1.807) is 6.92 Å². The van der Waals surface area contributed by atoms with E-state index in [1.807, 2.05) is 0 Å². The third kappa shape index (κ3) is 3.79. The van der Waals surface area contributed by atoms with Gasteiger partial charge in [0.2, 0.25) is 0 Å². The molecular formula is C12H13FN4O4S. The Hall–Kier alpha value is -2.49. The van der Waals surface area contributed by atoms with Gasteiger partial charge in [0.05, 0.1) is 12.0 Å². The molecule has 1 aromatic heterocycles. The van der Waals surface area contributed by atoms with Crippen LogP contribution in [0.1, 0.15) is 5.56 Å². The molecular weight excluding hydrogens is 315 g/mol. The van der Waals surface area contributed by atoms with E-state index in [9.17, 15) is 17.6 Å². The van der Waals surface area contributed by atoms with Crippen molar-refractivity contribution in [3.05, 3.63) is 35.9 Å². The Kier molecular flexibility index (Phi) is 4.40. The molecule has 0 atom stereocenters. The van der Waals surface area contributed by atoms with Crippen molar-refractivity contribution >= 4 is 21.9 Å². The molecule has 8 nitrogen and oxygen atoms in total. The number of halogens is 1. The van der Waals surface area contributed by atoms with Gasteiger partial charge in [0.25, 0.3) is 16.0 Å². The zero-order valence-corrected chi connectivity index (χ0v) is 12.6. The van der Waals surface area contributed by atoms with Crippen LogP contribution in [0.2, 0.25) is 0 Å². The number of aromatic nitrogens is 3. The van der Waals surface area contributed by atoms with Gasteiger partial charge in [-0.15, -0.1) is 5.10 Å². The minimum absolute atomic E-state index is 0.204. The Labute approximate surface area is 126 Å². The fourth-order valence-corrected chi connectivity index (χ4v) is 2.71. The molecule has 1 N–H and O–H groups in total. The smallest absolute Gasteiger partial charge is 0.327 e. The first-order valence-electron chi connectivity index (χ1n) is 6.06. The first-order valence-corrected chi connectivity index (χ1v) is 7.55. The molecule has 2 aromatic rings. The maximum atomic E-state index is 13.3. The number of hydrogen-bond donors (Lipinski definition) is 1. The van der Waals surface area contributed by atoms with E-state index in [4.69, 9.17) is 0 Å². The summed E-state index contributed by atoms with van der Waals surface area (Å²) in [6.07, 6.45) is 1.17. The van der Waals surface area contributed by atoms with Crippen molar-refractivity contribution in [2.75, 3.05) is 11.8 Å². The molecule has 22 heavy (non-hydrogen) atoms. The average Bonchev–Trinajstić information content (AvgIpc) is 2.83. The second kappa shape index (κ2) is 6.10. The molecule has 118 valence electrons. The van der Waals surface area contributed by atoms with Gasteiger partial charge in [0, 0.05) is 0 Å². The fourth-order valence-electron chi connectivity index (χ4n) is 1.65. The Morgan fingerprint density at radius 2 is 2.14 bits per heavy atom. The molecule has 1 heterocycles. The topological polar surface area (TPSA) is 103 Å². The van der Waals surface area contributed by atoms with E-state index in [-0.39, 0.29) is 17.4 Å². The summed E-state index contributed by atoms with van der Waals surface area (Å²) in [4.78, 5) is 14.6. The van der Waals surface area contributed by atoms with Crippen molar-refractivity contribution in [1.29, 1.82) is 0 Å². The van der Waals surface area contributed by atoms with Crippen molar-refractivity contribution < 1.29 is 22.3 Å². The lowest BCUT2D eigenvalue weighted by molar-refractivity contribution is -0.141. The van der Waals surface area contributed by atoms with Crippen LogP contribution >= 0.6 is 0 Å². The normalized spacial score (nSPS) is 11.2. The Balaban J connectivity index is 2.20. The van der Waals surface area contributed by atoms with Crippen LogP contribution in [-0.2, 0) is 26.1 Å². The summed E-state index contributed by atoms with van der Waals surface area (Å²) < 4.78 is 45.2.